The fourth-order valence-electron chi connectivity index (χ4n) is 1.82. The first-order valence-electron chi connectivity index (χ1n) is 5.28. The van der Waals surface area contributed by atoms with Gasteiger partial charge in [0.1, 0.15) is 0 Å². The molecule has 1 aliphatic heterocycles. The van der Waals surface area contributed by atoms with Crippen LogP contribution in [-0.4, -0.2) is 6.29 Å². The van der Waals surface area contributed by atoms with Crippen molar-refractivity contribution in [1.82, 2.24) is 0 Å². The third kappa shape index (κ3) is 1.65. The highest BCUT2D eigenvalue weighted by Gasteiger charge is 2.44. The van der Waals surface area contributed by atoms with Crippen molar-refractivity contribution in [2.45, 2.75) is 26.1 Å². The molecule has 0 aliphatic carbocycles. The lowest BCUT2D eigenvalue weighted by molar-refractivity contribution is -0.286. The van der Waals surface area contributed by atoms with Crippen LogP contribution in [0.2, 0.25) is 0 Å². The standard InChI is InChI=1S/C12H10F2O2S/c1-6(2)10-5-7-9(17-10)4-3-8-11(7)16-12(13,14)15-8/h3-6H,1-2H3. The molecule has 2 nitrogen and oxygen atoms in total. The molecule has 0 fully saturated rings. The van der Waals surface area contributed by atoms with E-state index in [0.29, 0.717) is 11.3 Å². The summed E-state index contributed by atoms with van der Waals surface area (Å²) < 4.78 is 35.9. The highest BCUT2D eigenvalue weighted by molar-refractivity contribution is 7.19. The van der Waals surface area contributed by atoms with Gasteiger partial charge in [-0.15, -0.1) is 20.1 Å². The van der Waals surface area contributed by atoms with Crippen molar-refractivity contribution in [2.24, 2.45) is 0 Å². The molecule has 17 heavy (non-hydrogen) atoms. The minimum absolute atomic E-state index is 0.107. The summed E-state index contributed by atoms with van der Waals surface area (Å²) in [6.07, 6.45) is -3.55. The molecule has 0 spiro atoms. The van der Waals surface area contributed by atoms with E-state index in [1.165, 1.54) is 6.07 Å². The molecule has 0 unspecified atom stereocenters. The number of ether oxygens (including phenoxy) is 2. The van der Waals surface area contributed by atoms with E-state index >= 15 is 0 Å². The minimum Gasteiger partial charge on any atom is -0.395 e. The summed E-state index contributed by atoms with van der Waals surface area (Å²) in [7, 11) is 0. The van der Waals surface area contributed by atoms with Crippen LogP contribution in [0.15, 0.2) is 18.2 Å². The van der Waals surface area contributed by atoms with Gasteiger partial charge in [-0.1, -0.05) is 13.8 Å². The van der Waals surface area contributed by atoms with Crippen molar-refractivity contribution in [1.29, 1.82) is 0 Å². The van der Waals surface area contributed by atoms with Crippen LogP contribution in [-0.2, 0) is 0 Å². The third-order valence-corrected chi connectivity index (χ3v) is 4.05. The topological polar surface area (TPSA) is 18.5 Å². The number of fused-ring (bicyclic) bond motifs is 3. The Kier molecular flexibility index (Phi) is 2.10. The fourth-order valence-corrected chi connectivity index (χ4v) is 2.89. The lowest BCUT2D eigenvalue weighted by Gasteiger charge is -2.04. The molecule has 2 aromatic rings. The van der Waals surface area contributed by atoms with E-state index in [9.17, 15) is 8.78 Å². The summed E-state index contributed by atoms with van der Waals surface area (Å²) in [5.74, 6) is 0.622. The lowest BCUT2D eigenvalue weighted by atomic mass is 10.1. The fraction of sp³-hybridized carbons (Fsp3) is 0.333. The molecular formula is C12H10F2O2S. The molecule has 0 N–H and O–H groups in total. The van der Waals surface area contributed by atoms with Gasteiger partial charge in [0.15, 0.2) is 11.5 Å². The number of benzene rings is 1. The highest BCUT2D eigenvalue weighted by atomic mass is 32.1. The number of hydrogen-bond acceptors (Lipinski definition) is 3. The molecule has 3 rings (SSSR count). The molecule has 1 aromatic carbocycles. The van der Waals surface area contributed by atoms with E-state index in [1.54, 1.807) is 17.4 Å². The van der Waals surface area contributed by atoms with Gasteiger partial charge in [-0.3, -0.25) is 0 Å². The zero-order valence-electron chi connectivity index (χ0n) is 9.29. The molecule has 1 aliphatic rings. The minimum atomic E-state index is -3.55. The number of hydrogen-bond donors (Lipinski definition) is 0. The van der Waals surface area contributed by atoms with Gasteiger partial charge in [0, 0.05) is 15.0 Å². The zero-order valence-corrected chi connectivity index (χ0v) is 10.1. The molecule has 1 aromatic heterocycles. The predicted molar refractivity (Wildman–Crippen MR) is 62.1 cm³/mol. The first kappa shape index (κ1) is 10.8. The van der Waals surface area contributed by atoms with Gasteiger partial charge < -0.3 is 9.47 Å². The molecule has 0 saturated carbocycles. The average molecular weight is 256 g/mol. The van der Waals surface area contributed by atoms with E-state index in [-0.39, 0.29) is 11.5 Å². The van der Waals surface area contributed by atoms with Gasteiger partial charge >= 0.3 is 6.29 Å². The number of thiophene rings is 1. The van der Waals surface area contributed by atoms with Gasteiger partial charge in [0.25, 0.3) is 0 Å². The van der Waals surface area contributed by atoms with Crippen LogP contribution in [0.3, 0.4) is 0 Å². The van der Waals surface area contributed by atoms with E-state index in [4.69, 9.17) is 0 Å². The first-order valence-corrected chi connectivity index (χ1v) is 6.10. The van der Waals surface area contributed by atoms with E-state index in [2.05, 4.69) is 23.3 Å². The molecule has 0 radical (unpaired) electrons. The molecule has 2 heterocycles. The Bertz CT molecular complexity index is 589. The van der Waals surface area contributed by atoms with Crippen molar-refractivity contribution in [3.05, 3.63) is 23.1 Å². The maximum atomic E-state index is 13.0. The summed E-state index contributed by atoms with van der Waals surface area (Å²) in [5.41, 5.74) is 0. The van der Waals surface area contributed by atoms with Gasteiger partial charge in [0.2, 0.25) is 0 Å². The van der Waals surface area contributed by atoms with E-state index in [0.717, 1.165) is 9.58 Å². The van der Waals surface area contributed by atoms with Crippen molar-refractivity contribution in [3.63, 3.8) is 0 Å². The molecule has 0 amide bonds. The van der Waals surface area contributed by atoms with Crippen LogP contribution < -0.4 is 9.47 Å². The Morgan fingerprint density at radius 2 is 2.00 bits per heavy atom. The summed E-state index contributed by atoms with van der Waals surface area (Å²) in [6.45, 7) is 4.13. The summed E-state index contributed by atoms with van der Waals surface area (Å²) in [6, 6.07) is 5.21. The van der Waals surface area contributed by atoms with Crippen LogP contribution in [0.1, 0.15) is 24.6 Å². The Balaban J connectivity index is 2.20. The van der Waals surface area contributed by atoms with Crippen molar-refractivity contribution >= 4 is 21.4 Å². The van der Waals surface area contributed by atoms with Crippen molar-refractivity contribution in [2.75, 3.05) is 0 Å². The molecule has 90 valence electrons. The first-order chi connectivity index (χ1) is 7.96. The van der Waals surface area contributed by atoms with Crippen molar-refractivity contribution < 1.29 is 18.3 Å². The predicted octanol–water partition coefficient (Wildman–Crippen LogP) is 4.35. The van der Waals surface area contributed by atoms with Crippen molar-refractivity contribution in [3.8, 4) is 11.5 Å². The quantitative estimate of drug-likeness (QED) is 0.755. The van der Waals surface area contributed by atoms with Gasteiger partial charge in [-0.2, -0.15) is 0 Å². The summed E-state index contributed by atoms with van der Waals surface area (Å²) >= 11 is 1.59. The smallest absolute Gasteiger partial charge is 0.395 e. The lowest BCUT2D eigenvalue weighted by Crippen LogP contribution is -2.25. The Hall–Kier alpha value is -1.36. The second-order valence-corrected chi connectivity index (χ2v) is 5.39. The normalized spacial score (nSPS) is 17.0. The van der Waals surface area contributed by atoms with E-state index in [1.807, 2.05) is 6.07 Å². The zero-order chi connectivity index (χ0) is 12.2. The van der Waals surface area contributed by atoms with Crippen LogP contribution >= 0.6 is 11.3 Å². The summed E-state index contributed by atoms with van der Waals surface area (Å²) in [4.78, 5) is 1.15. The largest absolute Gasteiger partial charge is 0.586 e. The second kappa shape index (κ2) is 3.32. The number of halogens is 2. The monoisotopic (exact) mass is 256 g/mol. The second-order valence-electron chi connectivity index (χ2n) is 4.28. The number of rotatable bonds is 1. The molecule has 0 bridgehead atoms. The summed E-state index contributed by atoms with van der Waals surface area (Å²) in [5, 5.41) is 0.702. The van der Waals surface area contributed by atoms with Crippen LogP contribution in [0, 0.1) is 0 Å². The average Bonchev–Trinajstić information content (AvgIpc) is 2.75. The maximum Gasteiger partial charge on any atom is 0.586 e. The van der Waals surface area contributed by atoms with E-state index < -0.39 is 6.29 Å². The van der Waals surface area contributed by atoms with Gasteiger partial charge in [-0.25, -0.2) is 0 Å². The van der Waals surface area contributed by atoms with Crippen LogP contribution in [0.5, 0.6) is 11.5 Å². The molecular weight excluding hydrogens is 246 g/mol. The van der Waals surface area contributed by atoms with Crippen LogP contribution in [0.4, 0.5) is 8.78 Å². The van der Waals surface area contributed by atoms with Crippen LogP contribution in [0.25, 0.3) is 10.1 Å². The Labute approximate surface area is 101 Å². The highest BCUT2D eigenvalue weighted by Crippen LogP contribution is 2.48. The molecule has 0 atom stereocenters. The Morgan fingerprint density at radius 1 is 1.24 bits per heavy atom. The third-order valence-electron chi connectivity index (χ3n) is 2.65. The van der Waals surface area contributed by atoms with Gasteiger partial charge in [-0.05, 0) is 24.1 Å². The molecule has 5 heteroatoms. The molecule has 0 saturated heterocycles. The number of alkyl halides is 2. The SMILES string of the molecule is CC(C)c1cc2c3c(ccc2s1)OC(F)(F)O3. The maximum absolute atomic E-state index is 13.0. The van der Waals surface area contributed by atoms with Gasteiger partial charge in [0.05, 0.1) is 0 Å². The Morgan fingerprint density at radius 3 is 2.71 bits per heavy atom.